The van der Waals surface area contributed by atoms with E-state index in [1.54, 1.807) is 10.9 Å². The van der Waals surface area contributed by atoms with E-state index < -0.39 is 0 Å². The number of fused-ring (bicyclic) bond motifs is 1. The monoisotopic (exact) mass is 540 g/mol. The summed E-state index contributed by atoms with van der Waals surface area (Å²) in [6.07, 6.45) is 5.55. The molecule has 0 atom stereocenters. The Morgan fingerprint density at radius 3 is 2.18 bits per heavy atom. The van der Waals surface area contributed by atoms with Gasteiger partial charge in [0.1, 0.15) is 0 Å². The van der Waals surface area contributed by atoms with Crippen molar-refractivity contribution >= 4 is 10.8 Å². The van der Waals surface area contributed by atoms with E-state index in [2.05, 4.69) is 40.4 Å². The maximum atomic E-state index is 4.45. The number of para-hydroxylation sites is 1. The van der Waals surface area contributed by atoms with Crippen molar-refractivity contribution in [3.05, 3.63) is 116 Å². The third-order valence-electron chi connectivity index (χ3n) is 4.06. The number of benzene rings is 3. The van der Waals surface area contributed by atoms with Crippen molar-refractivity contribution in [1.82, 2.24) is 14.8 Å². The molecule has 0 amide bonds. The smallest absolute Gasteiger partial charge is 0.0493 e. The Morgan fingerprint density at radius 2 is 1.50 bits per heavy atom. The number of nitrogens with zero attached hydrogens (tertiary/aromatic N) is 3. The van der Waals surface area contributed by atoms with Gasteiger partial charge in [-0.05, 0) is 28.2 Å². The van der Waals surface area contributed by atoms with Crippen molar-refractivity contribution in [3.8, 4) is 16.9 Å². The molecule has 28 heavy (non-hydrogen) atoms. The van der Waals surface area contributed by atoms with Gasteiger partial charge in [-0.3, -0.25) is 4.68 Å². The molecule has 3 aromatic carbocycles. The Bertz CT molecular complexity index is 1110. The number of hydrogen-bond donors (Lipinski definition) is 0. The fourth-order valence-electron chi connectivity index (χ4n) is 2.72. The summed E-state index contributed by atoms with van der Waals surface area (Å²) in [4.78, 5) is 4.45. The van der Waals surface area contributed by atoms with Crippen LogP contribution in [0.3, 0.4) is 0 Å². The summed E-state index contributed by atoms with van der Waals surface area (Å²) in [6, 6.07) is 34.1. The van der Waals surface area contributed by atoms with Gasteiger partial charge < -0.3 is 4.98 Å². The Morgan fingerprint density at radius 1 is 0.750 bits per heavy atom. The first-order valence-electron chi connectivity index (χ1n) is 8.69. The molecule has 0 bridgehead atoms. The Hall–Kier alpha value is -3.07. The zero-order valence-corrected chi connectivity index (χ0v) is 17.4. The van der Waals surface area contributed by atoms with Crippen LogP contribution in [0.5, 0.6) is 0 Å². The van der Waals surface area contributed by atoms with E-state index in [0.717, 1.165) is 16.9 Å². The molecule has 0 fully saturated rings. The summed E-state index contributed by atoms with van der Waals surface area (Å²) < 4.78 is 1.78. The van der Waals surface area contributed by atoms with Crippen LogP contribution < -0.4 is 0 Å². The summed E-state index contributed by atoms with van der Waals surface area (Å²) in [7, 11) is 0. The van der Waals surface area contributed by atoms with Gasteiger partial charge in [-0.2, -0.15) is 29.4 Å². The molecule has 2 heterocycles. The molecule has 0 saturated heterocycles. The van der Waals surface area contributed by atoms with Gasteiger partial charge in [-0.1, -0.05) is 30.3 Å². The molecule has 139 valence electrons. The molecule has 1 radical (unpaired) electrons. The number of rotatable bonds is 2. The van der Waals surface area contributed by atoms with Gasteiger partial charge in [0.25, 0.3) is 0 Å². The molecule has 5 rings (SSSR count). The largest absolute Gasteiger partial charge is 0.304 e. The summed E-state index contributed by atoms with van der Waals surface area (Å²) in [6.45, 7) is 0. The first-order chi connectivity index (χ1) is 13.4. The number of hydrogen-bond acceptors (Lipinski definition) is 2. The maximum Gasteiger partial charge on any atom is 0.0493 e. The van der Waals surface area contributed by atoms with Crippen molar-refractivity contribution in [2.45, 2.75) is 0 Å². The van der Waals surface area contributed by atoms with Crippen LogP contribution >= 0.6 is 0 Å². The minimum absolute atomic E-state index is 0. The van der Waals surface area contributed by atoms with Gasteiger partial charge in [-0.25, -0.2) is 0 Å². The van der Waals surface area contributed by atoms with E-state index in [1.165, 1.54) is 10.8 Å². The van der Waals surface area contributed by atoms with E-state index in [-0.39, 0.29) is 20.1 Å². The first-order valence-corrected chi connectivity index (χ1v) is 8.69. The molecule has 4 heteroatoms. The van der Waals surface area contributed by atoms with E-state index >= 15 is 0 Å². The second-order valence-corrected chi connectivity index (χ2v) is 5.89. The second kappa shape index (κ2) is 9.75. The molecular formula is C24H17IrN3-2. The van der Waals surface area contributed by atoms with E-state index in [4.69, 9.17) is 0 Å². The summed E-state index contributed by atoms with van der Waals surface area (Å²) in [5.41, 5.74) is 2.98. The van der Waals surface area contributed by atoms with Gasteiger partial charge in [0.05, 0.1) is 0 Å². The van der Waals surface area contributed by atoms with E-state index in [1.807, 2.05) is 79.1 Å². The average Bonchev–Trinajstić information content (AvgIpc) is 3.30. The minimum Gasteiger partial charge on any atom is -0.304 e. The van der Waals surface area contributed by atoms with Crippen LogP contribution in [-0.4, -0.2) is 14.8 Å². The zero-order chi connectivity index (χ0) is 18.3. The Labute approximate surface area is 178 Å². The Kier molecular flexibility index (Phi) is 6.85. The summed E-state index contributed by atoms with van der Waals surface area (Å²) >= 11 is 0. The van der Waals surface area contributed by atoms with Crippen LogP contribution in [0, 0.1) is 12.1 Å². The normalized spacial score (nSPS) is 9.86. The molecule has 5 aromatic rings. The number of pyridine rings is 1. The topological polar surface area (TPSA) is 30.7 Å². The van der Waals surface area contributed by atoms with Gasteiger partial charge in [0.15, 0.2) is 0 Å². The molecule has 0 aliphatic carbocycles. The van der Waals surface area contributed by atoms with Gasteiger partial charge >= 0.3 is 0 Å². The molecule has 3 nitrogen and oxygen atoms in total. The van der Waals surface area contributed by atoms with Crippen molar-refractivity contribution < 1.29 is 20.1 Å². The van der Waals surface area contributed by atoms with Crippen LogP contribution in [-0.2, 0) is 20.1 Å². The third kappa shape index (κ3) is 4.80. The third-order valence-corrected chi connectivity index (χ3v) is 4.06. The van der Waals surface area contributed by atoms with E-state index in [0.29, 0.717) is 0 Å². The zero-order valence-electron chi connectivity index (χ0n) is 15.0. The van der Waals surface area contributed by atoms with Gasteiger partial charge in [-0.15, -0.1) is 42.0 Å². The fraction of sp³-hybridized carbons (Fsp3) is 0. The molecule has 0 saturated carbocycles. The SMILES string of the molecule is [Ir].[c-]1ccccc1-c1cc2ccccc2cn1.[c-]1ccccc1-n1cccn1. The van der Waals surface area contributed by atoms with Gasteiger partial charge in [0.2, 0.25) is 0 Å². The molecule has 0 unspecified atom stereocenters. The molecular weight excluding hydrogens is 523 g/mol. The van der Waals surface area contributed by atoms with Crippen LogP contribution in [0.1, 0.15) is 0 Å². The van der Waals surface area contributed by atoms with Crippen LogP contribution in [0.15, 0.2) is 104 Å². The minimum atomic E-state index is 0. The molecule has 0 aliphatic rings. The second-order valence-electron chi connectivity index (χ2n) is 5.89. The van der Waals surface area contributed by atoms with Crippen molar-refractivity contribution in [2.75, 3.05) is 0 Å². The molecule has 0 N–H and O–H groups in total. The van der Waals surface area contributed by atoms with Gasteiger partial charge in [0, 0.05) is 38.7 Å². The molecule has 0 spiro atoms. The standard InChI is InChI=1S/C15H10N.C9H7N2.Ir/c1-2-6-12(7-3-1)15-10-13-8-4-5-9-14(13)11-16-15;1-2-5-9(6-3-1)11-8-4-7-10-11;/h1-6,8-11H;1-5,7-8H;/q2*-1;. The fourth-order valence-corrected chi connectivity index (χ4v) is 2.72. The van der Waals surface area contributed by atoms with Crippen LogP contribution in [0.25, 0.3) is 27.7 Å². The predicted molar refractivity (Wildman–Crippen MR) is 108 cm³/mol. The van der Waals surface area contributed by atoms with E-state index in [9.17, 15) is 0 Å². The molecule has 0 aliphatic heterocycles. The average molecular weight is 540 g/mol. The van der Waals surface area contributed by atoms with Crippen molar-refractivity contribution in [1.29, 1.82) is 0 Å². The van der Waals surface area contributed by atoms with Crippen molar-refractivity contribution in [2.24, 2.45) is 0 Å². The first kappa shape index (κ1) is 19.7. The maximum absolute atomic E-state index is 4.45. The van der Waals surface area contributed by atoms with Crippen LogP contribution in [0.4, 0.5) is 0 Å². The Balaban J connectivity index is 0.000000165. The summed E-state index contributed by atoms with van der Waals surface area (Å²) in [5.74, 6) is 0. The summed E-state index contributed by atoms with van der Waals surface area (Å²) in [5, 5.41) is 6.45. The predicted octanol–water partition coefficient (Wildman–Crippen LogP) is 5.37. The van der Waals surface area contributed by atoms with Crippen molar-refractivity contribution in [3.63, 3.8) is 0 Å². The number of aromatic nitrogens is 3. The molecule has 2 aromatic heterocycles. The van der Waals surface area contributed by atoms with Crippen LogP contribution in [0.2, 0.25) is 0 Å². The quantitative estimate of drug-likeness (QED) is 0.283.